The van der Waals surface area contributed by atoms with E-state index in [9.17, 15) is 0 Å². The van der Waals surface area contributed by atoms with Crippen molar-refractivity contribution in [3.63, 3.8) is 0 Å². The van der Waals surface area contributed by atoms with Crippen LogP contribution in [-0.4, -0.2) is 29.1 Å². The van der Waals surface area contributed by atoms with E-state index >= 15 is 0 Å². The summed E-state index contributed by atoms with van der Waals surface area (Å²) in [6.07, 6.45) is 1.79. The fraction of sp³-hybridized carbons (Fsp3) is 0.429. The zero-order chi connectivity index (χ0) is 13.8. The number of anilines is 1. The molecule has 0 spiro atoms. The Balaban J connectivity index is 1.55. The summed E-state index contributed by atoms with van der Waals surface area (Å²) in [5.41, 5.74) is 1.22. The molecule has 1 aliphatic heterocycles. The maximum atomic E-state index is 5.58. The van der Waals surface area contributed by atoms with E-state index in [0.29, 0.717) is 13.2 Å². The average molecular weight is 291 g/mol. The highest BCUT2D eigenvalue weighted by atomic mass is 32.1. The average Bonchev–Trinajstić information content (AvgIpc) is 2.95. The van der Waals surface area contributed by atoms with Gasteiger partial charge in [0, 0.05) is 24.5 Å². The molecule has 1 aromatic heterocycles. The monoisotopic (exact) mass is 291 g/mol. The van der Waals surface area contributed by atoms with Crippen LogP contribution in [-0.2, 0) is 12.8 Å². The van der Waals surface area contributed by atoms with Crippen LogP contribution in [0, 0.1) is 0 Å². The summed E-state index contributed by atoms with van der Waals surface area (Å²) >= 11 is 1.42. The molecule has 20 heavy (non-hydrogen) atoms. The molecule has 106 valence electrons. The fourth-order valence-electron chi connectivity index (χ4n) is 2.03. The molecule has 1 aromatic carbocycles. The van der Waals surface area contributed by atoms with Crippen LogP contribution in [0.2, 0.25) is 0 Å². The summed E-state index contributed by atoms with van der Waals surface area (Å²) in [5.74, 6) is 2.58. The Labute approximate surface area is 122 Å². The largest absolute Gasteiger partial charge is 0.486 e. The van der Waals surface area contributed by atoms with Crippen molar-refractivity contribution in [3.05, 3.63) is 29.6 Å². The predicted octanol–water partition coefficient (Wildman–Crippen LogP) is 2.53. The van der Waals surface area contributed by atoms with Gasteiger partial charge in [-0.25, -0.2) is 4.98 Å². The standard InChI is InChI=1S/C14H17N3O2S/c1-2-13-16-14(20-17-13)15-6-5-10-3-4-11-12(9-10)19-8-7-18-11/h3-4,9H,2,5-8H2,1H3,(H,15,16,17). The van der Waals surface area contributed by atoms with Gasteiger partial charge in [0.2, 0.25) is 5.13 Å². The topological polar surface area (TPSA) is 56.3 Å². The maximum absolute atomic E-state index is 5.58. The Hall–Kier alpha value is -1.82. The second-order valence-corrected chi connectivity index (χ2v) is 5.28. The van der Waals surface area contributed by atoms with Crippen LogP contribution in [0.1, 0.15) is 18.3 Å². The number of rotatable bonds is 5. The van der Waals surface area contributed by atoms with Crippen molar-refractivity contribution in [3.8, 4) is 11.5 Å². The van der Waals surface area contributed by atoms with Crippen molar-refractivity contribution < 1.29 is 9.47 Å². The van der Waals surface area contributed by atoms with E-state index in [1.165, 1.54) is 17.1 Å². The van der Waals surface area contributed by atoms with Crippen molar-refractivity contribution in [2.75, 3.05) is 25.1 Å². The van der Waals surface area contributed by atoms with Gasteiger partial charge in [-0.2, -0.15) is 4.37 Å². The van der Waals surface area contributed by atoms with Crippen LogP contribution in [0.4, 0.5) is 5.13 Å². The number of hydrogen-bond acceptors (Lipinski definition) is 6. The molecule has 0 atom stereocenters. The van der Waals surface area contributed by atoms with E-state index in [0.717, 1.165) is 41.8 Å². The first-order chi connectivity index (χ1) is 9.85. The molecular formula is C14H17N3O2S. The normalized spacial score (nSPS) is 13.2. The second kappa shape index (κ2) is 6.09. The number of fused-ring (bicyclic) bond motifs is 1. The second-order valence-electron chi connectivity index (χ2n) is 4.52. The van der Waals surface area contributed by atoms with Crippen LogP contribution in [0.25, 0.3) is 0 Å². The highest BCUT2D eigenvalue weighted by Gasteiger charge is 2.11. The predicted molar refractivity (Wildman–Crippen MR) is 78.9 cm³/mol. The summed E-state index contributed by atoms with van der Waals surface area (Å²) in [7, 11) is 0. The summed E-state index contributed by atoms with van der Waals surface area (Å²) in [5, 5.41) is 4.19. The van der Waals surface area contributed by atoms with Gasteiger partial charge in [-0.15, -0.1) is 0 Å². The molecule has 2 heterocycles. The number of ether oxygens (including phenoxy) is 2. The van der Waals surface area contributed by atoms with Crippen molar-refractivity contribution in [2.24, 2.45) is 0 Å². The number of aromatic nitrogens is 2. The smallest absolute Gasteiger partial charge is 0.202 e. The molecule has 1 aliphatic rings. The van der Waals surface area contributed by atoms with Crippen molar-refractivity contribution >= 4 is 16.7 Å². The fourth-order valence-corrected chi connectivity index (χ4v) is 2.70. The lowest BCUT2D eigenvalue weighted by molar-refractivity contribution is 0.171. The summed E-state index contributed by atoms with van der Waals surface area (Å²) in [4.78, 5) is 4.38. The Bertz CT molecular complexity index is 586. The van der Waals surface area contributed by atoms with Gasteiger partial charge in [0.05, 0.1) is 0 Å². The van der Waals surface area contributed by atoms with E-state index in [2.05, 4.69) is 27.7 Å². The molecular weight excluding hydrogens is 274 g/mol. The maximum Gasteiger partial charge on any atom is 0.202 e. The van der Waals surface area contributed by atoms with Gasteiger partial charge in [-0.05, 0) is 24.1 Å². The lowest BCUT2D eigenvalue weighted by atomic mass is 10.1. The molecule has 0 saturated heterocycles. The van der Waals surface area contributed by atoms with Crippen LogP contribution < -0.4 is 14.8 Å². The van der Waals surface area contributed by atoms with Gasteiger partial charge >= 0.3 is 0 Å². The van der Waals surface area contributed by atoms with Gasteiger partial charge in [0.25, 0.3) is 0 Å². The molecule has 1 N–H and O–H groups in total. The third-order valence-electron chi connectivity index (χ3n) is 3.08. The first-order valence-electron chi connectivity index (χ1n) is 6.80. The van der Waals surface area contributed by atoms with E-state index in [4.69, 9.17) is 9.47 Å². The molecule has 0 fully saturated rings. The molecule has 3 rings (SSSR count). The van der Waals surface area contributed by atoms with Crippen molar-refractivity contribution in [1.29, 1.82) is 0 Å². The Morgan fingerprint density at radius 1 is 1.25 bits per heavy atom. The molecule has 0 radical (unpaired) electrons. The Morgan fingerprint density at radius 2 is 2.10 bits per heavy atom. The highest BCUT2D eigenvalue weighted by molar-refractivity contribution is 7.09. The number of aryl methyl sites for hydroxylation is 1. The number of benzene rings is 1. The molecule has 2 aromatic rings. The molecule has 0 unspecified atom stereocenters. The van der Waals surface area contributed by atoms with Crippen LogP contribution in [0.3, 0.4) is 0 Å². The third kappa shape index (κ3) is 3.01. The number of nitrogens with zero attached hydrogens (tertiary/aromatic N) is 2. The third-order valence-corrected chi connectivity index (χ3v) is 3.79. The van der Waals surface area contributed by atoms with Gasteiger partial charge in [0.1, 0.15) is 19.0 Å². The van der Waals surface area contributed by atoms with Gasteiger partial charge in [-0.3, -0.25) is 0 Å². The summed E-state index contributed by atoms with van der Waals surface area (Å²) in [6.45, 7) is 4.14. The van der Waals surface area contributed by atoms with E-state index in [-0.39, 0.29) is 0 Å². The highest BCUT2D eigenvalue weighted by Crippen LogP contribution is 2.30. The first-order valence-corrected chi connectivity index (χ1v) is 7.57. The zero-order valence-corrected chi connectivity index (χ0v) is 12.2. The molecule has 0 saturated carbocycles. The van der Waals surface area contributed by atoms with Crippen LogP contribution in [0.15, 0.2) is 18.2 Å². The van der Waals surface area contributed by atoms with E-state index in [1.54, 1.807) is 0 Å². The number of nitrogens with one attached hydrogen (secondary N) is 1. The lowest BCUT2D eigenvalue weighted by Gasteiger charge is -2.18. The molecule has 0 amide bonds. The quantitative estimate of drug-likeness (QED) is 0.917. The Kier molecular flexibility index (Phi) is 4.01. The minimum Gasteiger partial charge on any atom is -0.486 e. The first kappa shape index (κ1) is 13.2. The van der Waals surface area contributed by atoms with Crippen molar-refractivity contribution in [1.82, 2.24) is 9.36 Å². The summed E-state index contributed by atoms with van der Waals surface area (Å²) < 4.78 is 15.3. The minimum absolute atomic E-state index is 0.624. The lowest BCUT2D eigenvalue weighted by Crippen LogP contribution is -2.15. The molecule has 0 aliphatic carbocycles. The van der Waals surface area contributed by atoms with Gasteiger partial charge in [0.15, 0.2) is 11.5 Å². The van der Waals surface area contributed by atoms with Gasteiger partial charge < -0.3 is 14.8 Å². The van der Waals surface area contributed by atoms with Crippen molar-refractivity contribution in [2.45, 2.75) is 19.8 Å². The number of hydrogen-bond donors (Lipinski definition) is 1. The molecule has 6 heteroatoms. The van der Waals surface area contributed by atoms with E-state index < -0.39 is 0 Å². The summed E-state index contributed by atoms with van der Waals surface area (Å²) in [6, 6.07) is 6.10. The van der Waals surface area contributed by atoms with Gasteiger partial charge in [-0.1, -0.05) is 13.0 Å². The SMILES string of the molecule is CCc1nsc(NCCc2ccc3c(c2)OCCO3)n1. The zero-order valence-electron chi connectivity index (χ0n) is 11.4. The minimum atomic E-state index is 0.624. The molecule has 0 bridgehead atoms. The van der Waals surface area contributed by atoms with E-state index in [1.807, 2.05) is 12.1 Å². The van der Waals surface area contributed by atoms with Crippen LogP contribution >= 0.6 is 11.5 Å². The Morgan fingerprint density at radius 3 is 2.90 bits per heavy atom. The van der Waals surface area contributed by atoms with Crippen LogP contribution in [0.5, 0.6) is 11.5 Å². The molecule has 5 nitrogen and oxygen atoms in total.